The molecule has 0 spiro atoms. The molecule has 3 rings (SSSR count). The zero-order valence-electron chi connectivity index (χ0n) is 12.7. The van der Waals surface area contributed by atoms with E-state index >= 15 is 0 Å². The summed E-state index contributed by atoms with van der Waals surface area (Å²) in [5, 5.41) is 0. The fraction of sp³-hybridized carbons (Fsp3) is 0.688. The second-order valence-electron chi connectivity index (χ2n) is 6.39. The first kappa shape index (κ1) is 15.0. The van der Waals surface area contributed by atoms with Gasteiger partial charge in [-0.05, 0) is 56.7 Å². The molecule has 116 valence electrons. The van der Waals surface area contributed by atoms with Gasteiger partial charge in [-0.15, -0.1) is 11.3 Å². The van der Waals surface area contributed by atoms with E-state index in [0.29, 0.717) is 0 Å². The highest BCUT2D eigenvalue weighted by atomic mass is 32.1. The minimum Gasteiger partial charge on any atom is -0.296 e. The van der Waals surface area contributed by atoms with Crippen LogP contribution in [0.1, 0.15) is 58.6 Å². The van der Waals surface area contributed by atoms with Gasteiger partial charge in [-0.3, -0.25) is 15.1 Å². The maximum Gasteiger partial charge on any atom is 0.275 e. The number of nitrogens with one attached hydrogen (secondary N) is 1. The molecule has 1 aromatic heterocycles. The fourth-order valence-electron chi connectivity index (χ4n) is 4.00. The van der Waals surface area contributed by atoms with Gasteiger partial charge in [-0.25, -0.2) is 5.84 Å². The SMILES string of the molecule is Cc1sc(C(=O)NN)cc1CN1CCC[C@H]2CCCC[C@H]21. The molecule has 5 heteroatoms. The molecule has 4 nitrogen and oxygen atoms in total. The number of nitrogens with two attached hydrogens (primary N) is 1. The molecule has 1 aromatic rings. The van der Waals surface area contributed by atoms with Crippen molar-refractivity contribution in [3.63, 3.8) is 0 Å². The quantitative estimate of drug-likeness (QED) is 0.513. The molecule has 1 saturated heterocycles. The molecule has 1 aliphatic carbocycles. The Labute approximate surface area is 130 Å². The molecule has 2 fully saturated rings. The highest BCUT2D eigenvalue weighted by Crippen LogP contribution is 2.36. The lowest BCUT2D eigenvalue weighted by Crippen LogP contribution is -2.46. The minimum absolute atomic E-state index is 0.177. The van der Waals surface area contributed by atoms with Gasteiger partial charge in [0, 0.05) is 17.5 Å². The number of hydrogen-bond donors (Lipinski definition) is 2. The number of carbonyl (C=O) groups excluding carboxylic acids is 1. The van der Waals surface area contributed by atoms with Crippen molar-refractivity contribution < 1.29 is 4.79 Å². The monoisotopic (exact) mass is 307 g/mol. The summed E-state index contributed by atoms with van der Waals surface area (Å²) in [7, 11) is 0. The molecule has 3 N–H and O–H groups in total. The van der Waals surface area contributed by atoms with Crippen LogP contribution in [0.4, 0.5) is 0 Å². The van der Waals surface area contributed by atoms with Gasteiger partial charge in [0.15, 0.2) is 0 Å². The zero-order valence-corrected chi connectivity index (χ0v) is 13.5. The third-order valence-corrected chi connectivity index (χ3v) is 6.20. The number of hydrazine groups is 1. The van der Waals surface area contributed by atoms with Crippen LogP contribution in [0.15, 0.2) is 6.07 Å². The topological polar surface area (TPSA) is 58.4 Å². The Morgan fingerprint density at radius 3 is 2.95 bits per heavy atom. The Morgan fingerprint density at radius 1 is 1.38 bits per heavy atom. The number of hydrogen-bond acceptors (Lipinski definition) is 4. The third-order valence-electron chi connectivity index (χ3n) is 5.11. The lowest BCUT2D eigenvalue weighted by molar-refractivity contribution is 0.0546. The Kier molecular flexibility index (Phi) is 4.62. The van der Waals surface area contributed by atoms with E-state index in [0.717, 1.165) is 23.4 Å². The van der Waals surface area contributed by atoms with Crippen molar-refractivity contribution in [1.82, 2.24) is 10.3 Å². The first-order chi connectivity index (χ1) is 10.2. The summed E-state index contributed by atoms with van der Waals surface area (Å²) < 4.78 is 0. The standard InChI is InChI=1S/C16H25N3OS/c1-11-13(9-15(21-11)16(20)18-17)10-19-8-4-6-12-5-2-3-7-14(12)19/h9,12,14H,2-8,10,17H2,1H3,(H,18,20)/t12-,14-/m1/s1. The number of nitrogens with zero attached hydrogens (tertiary/aromatic N) is 1. The van der Waals surface area contributed by atoms with Crippen molar-refractivity contribution in [3.8, 4) is 0 Å². The average Bonchev–Trinajstić information content (AvgIpc) is 2.88. The van der Waals surface area contributed by atoms with Crippen molar-refractivity contribution in [1.29, 1.82) is 0 Å². The molecular weight excluding hydrogens is 282 g/mol. The van der Waals surface area contributed by atoms with Gasteiger partial charge in [0.05, 0.1) is 4.88 Å². The van der Waals surface area contributed by atoms with E-state index in [1.165, 1.54) is 55.5 Å². The van der Waals surface area contributed by atoms with Crippen LogP contribution in [0.25, 0.3) is 0 Å². The lowest BCUT2D eigenvalue weighted by Gasteiger charge is -2.44. The van der Waals surface area contributed by atoms with Crippen LogP contribution in [-0.4, -0.2) is 23.4 Å². The maximum absolute atomic E-state index is 11.7. The van der Waals surface area contributed by atoms with Gasteiger partial charge in [0.25, 0.3) is 5.91 Å². The summed E-state index contributed by atoms with van der Waals surface area (Å²) in [5.74, 6) is 5.96. The highest BCUT2D eigenvalue weighted by Gasteiger charge is 2.33. The largest absolute Gasteiger partial charge is 0.296 e. The number of amides is 1. The van der Waals surface area contributed by atoms with Crippen LogP contribution in [0, 0.1) is 12.8 Å². The Balaban J connectivity index is 1.73. The number of fused-ring (bicyclic) bond motifs is 1. The van der Waals surface area contributed by atoms with Crippen LogP contribution in [-0.2, 0) is 6.54 Å². The summed E-state index contributed by atoms with van der Waals surface area (Å²) in [6.07, 6.45) is 8.27. The number of piperidine rings is 1. The van der Waals surface area contributed by atoms with E-state index in [1.54, 1.807) is 11.3 Å². The number of aryl methyl sites for hydroxylation is 1. The van der Waals surface area contributed by atoms with Gasteiger partial charge in [-0.1, -0.05) is 12.8 Å². The fourth-order valence-corrected chi connectivity index (χ4v) is 4.94. The van der Waals surface area contributed by atoms with Gasteiger partial charge in [0.2, 0.25) is 0 Å². The van der Waals surface area contributed by atoms with Gasteiger partial charge < -0.3 is 0 Å². The molecule has 1 amide bonds. The third kappa shape index (κ3) is 3.15. The van der Waals surface area contributed by atoms with E-state index in [9.17, 15) is 4.79 Å². The first-order valence-corrected chi connectivity index (χ1v) is 8.85. The number of rotatable bonds is 3. The molecule has 2 heterocycles. The molecule has 2 atom stereocenters. The smallest absolute Gasteiger partial charge is 0.275 e. The molecule has 21 heavy (non-hydrogen) atoms. The van der Waals surface area contributed by atoms with E-state index in [4.69, 9.17) is 5.84 Å². The lowest BCUT2D eigenvalue weighted by atomic mass is 9.78. The summed E-state index contributed by atoms with van der Waals surface area (Å²) in [5.41, 5.74) is 3.52. The second-order valence-corrected chi connectivity index (χ2v) is 7.65. The van der Waals surface area contributed by atoms with Gasteiger partial charge in [-0.2, -0.15) is 0 Å². The van der Waals surface area contributed by atoms with Crippen molar-refractivity contribution in [2.45, 2.75) is 58.0 Å². The molecule has 0 aromatic carbocycles. The molecule has 0 unspecified atom stereocenters. The van der Waals surface area contributed by atoms with Gasteiger partial charge in [0.1, 0.15) is 0 Å². The first-order valence-electron chi connectivity index (χ1n) is 8.03. The van der Waals surface area contributed by atoms with E-state index in [2.05, 4.69) is 17.2 Å². The predicted octanol–water partition coefficient (Wildman–Crippen LogP) is 2.81. The molecule has 1 saturated carbocycles. The van der Waals surface area contributed by atoms with Crippen LogP contribution >= 0.6 is 11.3 Å². The highest BCUT2D eigenvalue weighted by molar-refractivity contribution is 7.14. The summed E-state index contributed by atoms with van der Waals surface area (Å²) in [6.45, 7) is 4.30. The molecule has 2 aliphatic rings. The molecule has 1 aliphatic heterocycles. The van der Waals surface area contributed by atoms with Crippen molar-refractivity contribution >= 4 is 17.2 Å². The number of likely N-dealkylation sites (tertiary alicyclic amines) is 1. The Morgan fingerprint density at radius 2 is 2.14 bits per heavy atom. The van der Waals surface area contributed by atoms with Crippen molar-refractivity contribution in [2.24, 2.45) is 11.8 Å². The minimum atomic E-state index is -0.177. The number of carbonyl (C=O) groups is 1. The molecule has 0 radical (unpaired) electrons. The molecular formula is C16H25N3OS. The van der Waals surface area contributed by atoms with Crippen LogP contribution in [0.3, 0.4) is 0 Å². The van der Waals surface area contributed by atoms with E-state index in [1.807, 2.05) is 6.07 Å². The van der Waals surface area contributed by atoms with Crippen molar-refractivity contribution in [3.05, 3.63) is 21.4 Å². The van der Waals surface area contributed by atoms with Crippen LogP contribution in [0.2, 0.25) is 0 Å². The van der Waals surface area contributed by atoms with Crippen LogP contribution in [0.5, 0.6) is 0 Å². The summed E-state index contributed by atoms with van der Waals surface area (Å²) in [6, 6.07) is 2.79. The second kappa shape index (κ2) is 6.46. The maximum atomic E-state index is 11.7. The van der Waals surface area contributed by atoms with Gasteiger partial charge >= 0.3 is 0 Å². The van der Waals surface area contributed by atoms with E-state index < -0.39 is 0 Å². The average molecular weight is 307 g/mol. The van der Waals surface area contributed by atoms with Crippen molar-refractivity contribution in [2.75, 3.05) is 6.54 Å². The Hall–Kier alpha value is -0.910. The summed E-state index contributed by atoms with van der Waals surface area (Å²) in [4.78, 5) is 16.3. The normalized spacial score (nSPS) is 26.4. The summed E-state index contributed by atoms with van der Waals surface area (Å²) >= 11 is 1.55. The molecule has 0 bridgehead atoms. The number of thiophene rings is 1. The number of nitrogen functional groups attached to an aromatic ring is 1. The van der Waals surface area contributed by atoms with Crippen LogP contribution < -0.4 is 11.3 Å². The predicted molar refractivity (Wildman–Crippen MR) is 86.1 cm³/mol. The zero-order chi connectivity index (χ0) is 14.8. The van der Waals surface area contributed by atoms with E-state index in [-0.39, 0.29) is 5.91 Å². The Bertz CT molecular complexity index is 512.